The summed E-state index contributed by atoms with van der Waals surface area (Å²) in [6, 6.07) is 14.0. The van der Waals surface area contributed by atoms with Crippen molar-refractivity contribution in [2.45, 2.75) is 13.5 Å². The van der Waals surface area contributed by atoms with Crippen molar-refractivity contribution in [2.75, 3.05) is 14.2 Å². The summed E-state index contributed by atoms with van der Waals surface area (Å²) in [6.45, 7) is 2.78. The molecule has 0 saturated carbocycles. The van der Waals surface area contributed by atoms with E-state index in [4.69, 9.17) is 21.7 Å². The highest BCUT2D eigenvalue weighted by Crippen LogP contribution is 2.27. The Bertz CT molecular complexity index is 623. The molecule has 1 N–H and O–H groups in total. The predicted molar refractivity (Wildman–Crippen MR) is 89.3 cm³/mol. The molecule has 0 heterocycles. The number of nitrogens with one attached hydrogen (secondary N) is 1. The molecule has 2 aromatic rings. The Morgan fingerprint density at radius 2 is 1.67 bits per heavy atom. The summed E-state index contributed by atoms with van der Waals surface area (Å²) in [6.07, 6.45) is 0. The first-order chi connectivity index (χ1) is 10.1. The Morgan fingerprint density at radius 3 is 2.29 bits per heavy atom. The van der Waals surface area contributed by atoms with Gasteiger partial charge in [0.15, 0.2) is 11.5 Å². The third kappa shape index (κ3) is 3.95. The molecular weight excluding hydrogens is 282 g/mol. The van der Waals surface area contributed by atoms with Crippen LogP contribution >= 0.6 is 12.2 Å². The second-order valence-corrected chi connectivity index (χ2v) is 5.15. The molecule has 0 atom stereocenters. The Hall–Kier alpha value is -2.07. The molecule has 2 aromatic carbocycles. The van der Waals surface area contributed by atoms with E-state index in [1.807, 2.05) is 18.2 Å². The normalized spacial score (nSPS) is 10.0. The standard InChI is InChI=1S/C17H19NO2S/c1-12-4-6-13(7-5-12)11-18-17(21)14-8-9-15(19-2)16(10-14)20-3/h4-10H,11H2,1-3H3,(H,18,21). The molecule has 0 unspecified atom stereocenters. The van der Waals surface area contributed by atoms with Crippen LogP contribution in [0.1, 0.15) is 16.7 Å². The lowest BCUT2D eigenvalue weighted by molar-refractivity contribution is 0.355. The summed E-state index contributed by atoms with van der Waals surface area (Å²) in [5.74, 6) is 1.37. The Morgan fingerprint density at radius 1 is 1.00 bits per heavy atom. The Labute approximate surface area is 130 Å². The topological polar surface area (TPSA) is 30.5 Å². The smallest absolute Gasteiger partial charge is 0.161 e. The van der Waals surface area contributed by atoms with Crippen molar-refractivity contribution < 1.29 is 9.47 Å². The molecule has 21 heavy (non-hydrogen) atoms. The number of aryl methyl sites for hydroxylation is 1. The molecule has 4 heteroatoms. The predicted octanol–water partition coefficient (Wildman–Crippen LogP) is 3.48. The molecule has 110 valence electrons. The quantitative estimate of drug-likeness (QED) is 0.857. The highest BCUT2D eigenvalue weighted by atomic mass is 32.1. The minimum Gasteiger partial charge on any atom is -0.493 e. The van der Waals surface area contributed by atoms with Crippen LogP contribution in [-0.2, 0) is 6.54 Å². The van der Waals surface area contributed by atoms with Crippen LogP contribution in [0.3, 0.4) is 0 Å². The zero-order valence-electron chi connectivity index (χ0n) is 12.5. The lowest BCUT2D eigenvalue weighted by Gasteiger charge is -2.12. The molecule has 0 spiro atoms. The van der Waals surface area contributed by atoms with E-state index in [-0.39, 0.29) is 0 Å². The fraction of sp³-hybridized carbons (Fsp3) is 0.235. The summed E-state index contributed by atoms with van der Waals surface area (Å²) < 4.78 is 10.5. The monoisotopic (exact) mass is 301 g/mol. The molecule has 2 rings (SSSR count). The van der Waals surface area contributed by atoms with Crippen molar-refractivity contribution in [3.05, 3.63) is 59.2 Å². The third-order valence-corrected chi connectivity index (χ3v) is 3.60. The van der Waals surface area contributed by atoms with Gasteiger partial charge < -0.3 is 14.8 Å². The SMILES string of the molecule is COc1ccc(C(=S)NCc2ccc(C)cc2)cc1OC. The maximum atomic E-state index is 5.43. The van der Waals surface area contributed by atoms with Gasteiger partial charge in [0.1, 0.15) is 4.99 Å². The van der Waals surface area contributed by atoms with Crippen LogP contribution in [0.25, 0.3) is 0 Å². The maximum Gasteiger partial charge on any atom is 0.161 e. The van der Waals surface area contributed by atoms with Gasteiger partial charge in [-0.3, -0.25) is 0 Å². The van der Waals surface area contributed by atoms with E-state index in [0.29, 0.717) is 23.0 Å². The van der Waals surface area contributed by atoms with E-state index in [2.05, 4.69) is 36.5 Å². The highest BCUT2D eigenvalue weighted by molar-refractivity contribution is 7.80. The largest absolute Gasteiger partial charge is 0.493 e. The summed E-state index contributed by atoms with van der Waals surface area (Å²) >= 11 is 5.43. The number of thiocarbonyl (C=S) groups is 1. The van der Waals surface area contributed by atoms with Crippen molar-refractivity contribution in [3.8, 4) is 11.5 Å². The van der Waals surface area contributed by atoms with E-state index in [0.717, 1.165) is 5.56 Å². The number of benzene rings is 2. The second kappa shape index (κ2) is 7.09. The summed E-state index contributed by atoms with van der Waals surface area (Å²) in [7, 11) is 3.23. The fourth-order valence-corrected chi connectivity index (χ4v) is 2.17. The van der Waals surface area contributed by atoms with Gasteiger partial charge in [-0.1, -0.05) is 42.0 Å². The van der Waals surface area contributed by atoms with E-state index in [9.17, 15) is 0 Å². The molecule has 0 radical (unpaired) electrons. The van der Waals surface area contributed by atoms with Crippen LogP contribution in [0.2, 0.25) is 0 Å². The Kier molecular flexibility index (Phi) is 5.17. The molecule has 0 saturated heterocycles. The maximum absolute atomic E-state index is 5.43. The zero-order chi connectivity index (χ0) is 15.2. The number of ether oxygens (including phenoxy) is 2. The number of rotatable bonds is 5. The second-order valence-electron chi connectivity index (χ2n) is 4.74. The average Bonchev–Trinajstić information content (AvgIpc) is 2.53. The van der Waals surface area contributed by atoms with Gasteiger partial charge >= 0.3 is 0 Å². The number of methoxy groups -OCH3 is 2. The first-order valence-corrected chi connectivity index (χ1v) is 7.10. The van der Waals surface area contributed by atoms with Crippen LogP contribution in [-0.4, -0.2) is 19.2 Å². The van der Waals surface area contributed by atoms with E-state index in [1.54, 1.807) is 14.2 Å². The van der Waals surface area contributed by atoms with E-state index in [1.165, 1.54) is 11.1 Å². The highest BCUT2D eigenvalue weighted by Gasteiger charge is 2.07. The molecule has 0 amide bonds. The van der Waals surface area contributed by atoms with Crippen molar-refractivity contribution in [1.29, 1.82) is 0 Å². The van der Waals surface area contributed by atoms with Crippen molar-refractivity contribution >= 4 is 17.2 Å². The van der Waals surface area contributed by atoms with E-state index < -0.39 is 0 Å². The molecule has 0 aliphatic carbocycles. The van der Waals surface area contributed by atoms with Crippen LogP contribution in [0.4, 0.5) is 0 Å². The first-order valence-electron chi connectivity index (χ1n) is 6.70. The average molecular weight is 301 g/mol. The molecule has 0 bridgehead atoms. The lowest BCUT2D eigenvalue weighted by Crippen LogP contribution is -2.21. The van der Waals surface area contributed by atoms with Gasteiger partial charge in [-0.2, -0.15) is 0 Å². The summed E-state index contributed by atoms with van der Waals surface area (Å²) in [5, 5.41) is 3.26. The van der Waals surface area contributed by atoms with Crippen LogP contribution in [0, 0.1) is 6.92 Å². The van der Waals surface area contributed by atoms with Gasteiger partial charge in [0.05, 0.1) is 14.2 Å². The number of hydrogen-bond donors (Lipinski definition) is 1. The van der Waals surface area contributed by atoms with Gasteiger partial charge in [-0.15, -0.1) is 0 Å². The van der Waals surface area contributed by atoms with Gasteiger partial charge in [0.2, 0.25) is 0 Å². The van der Waals surface area contributed by atoms with Crippen LogP contribution in [0.5, 0.6) is 11.5 Å². The molecule has 0 aliphatic rings. The zero-order valence-corrected chi connectivity index (χ0v) is 13.3. The van der Waals surface area contributed by atoms with Crippen molar-refractivity contribution in [2.24, 2.45) is 0 Å². The molecular formula is C17H19NO2S. The molecule has 3 nitrogen and oxygen atoms in total. The number of hydrogen-bond acceptors (Lipinski definition) is 3. The lowest BCUT2D eigenvalue weighted by atomic mass is 10.1. The Balaban J connectivity index is 2.04. The van der Waals surface area contributed by atoms with Crippen molar-refractivity contribution in [3.63, 3.8) is 0 Å². The minimum atomic E-state index is 0.675. The first kappa shape index (κ1) is 15.3. The van der Waals surface area contributed by atoms with E-state index >= 15 is 0 Å². The molecule has 0 fully saturated rings. The minimum absolute atomic E-state index is 0.675. The summed E-state index contributed by atoms with van der Waals surface area (Å²) in [5.41, 5.74) is 3.36. The third-order valence-electron chi connectivity index (χ3n) is 3.22. The van der Waals surface area contributed by atoms with Crippen LogP contribution in [0.15, 0.2) is 42.5 Å². The molecule has 0 aliphatic heterocycles. The summed E-state index contributed by atoms with van der Waals surface area (Å²) in [4.78, 5) is 0.691. The van der Waals surface area contributed by atoms with Gasteiger partial charge in [0.25, 0.3) is 0 Å². The molecule has 0 aromatic heterocycles. The van der Waals surface area contributed by atoms with Gasteiger partial charge in [-0.05, 0) is 30.7 Å². The van der Waals surface area contributed by atoms with Crippen LogP contribution < -0.4 is 14.8 Å². The van der Waals surface area contributed by atoms with Gasteiger partial charge in [-0.25, -0.2) is 0 Å². The van der Waals surface area contributed by atoms with Gasteiger partial charge in [0, 0.05) is 12.1 Å². The fourth-order valence-electron chi connectivity index (χ4n) is 1.97. The van der Waals surface area contributed by atoms with Crippen molar-refractivity contribution in [1.82, 2.24) is 5.32 Å².